The summed E-state index contributed by atoms with van der Waals surface area (Å²) < 4.78 is 19.0. The first-order valence-electron chi connectivity index (χ1n) is 6.78. The molecule has 0 radical (unpaired) electrons. The van der Waals surface area contributed by atoms with Crippen molar-refractivity contribution >= 4 is 0 Å². The van der Waals surface area contributed by atoms with Crippen molar-refractivity contribution in [1.29, 1.82) is 0 Å². The van der Waals surface area contributed by atoms with E-state index in [0.29, 0.717) is 30.9 Å². The largest absolute Gasteiger partial charge is 0.497 e. The van der Waals surface area contributed by atoms with Gasteiger partial charge in [-0.1, -0.05) is 0 Å². The van der Waals surface area contributed by atoms with Gasteiger partial charge in [0, 0.05) is 30.9 Å². The van der Waals surface area contributed by atoms with Gasteiger partial charge in [-0.05, 0) is 25.1 Å². The first-order chi connectivity index (χ1) is 10.1. The Bertz CT molecular complexity index is 586. The molecular weight excluding hydrogens is 273 g/mol. The summed E-state index contributed by atoms with van der Waals surface area (Å²) in [5, 5.41) is 9.19. The van der Waals surface area contributed by atoms with Gasteiger partial charge in [-0.3, -0.25) is 4.90 Å². The molecule has 2 rings (SSSR count). The smallest absolute Gasteiger partial charge is 0.127 e. The van der Waals surface area contributed by atoms with E-state index in [2.05, 4.69) is 9.97 Å². The average molecular weight is 293 g/mol. The second-order valence-corrected chi connectivity index (χ2v) is 4.87. The van der Waals surface area contributed by atoms with Gasteiger partial charge in [-0.2, -0.15) is 0 Å². The quantitative estimate of drug-likeness (QED) is 0.818. The fourth-order valence-corrected chi connectivity index (χ4v) is 2.15. The molecule has 2 N–H and O–H groups in total. The number of imidazole rings is 1. The summed E-state index contributed by atoms with van der Waals surface area (Å²) >= 11 is 0. The number of hydrogen-bond acceptors (Lipinski definition) is 4. The molecule has 0 amide bonds. The summed E-state index contributed by atoms with van der Waals surface area (Å²) in [6.07, 6.45) is 1.63. The molecule has 0 saturated carbocycles. The van der Waals surface area contributed by atoms with E-state index in [0.717, 1.165) is 11.4 Å². The normalized spacial score (nSPS) is 11.1. The maximum atomic E-state index is 13.9. The van der Waals surface area contributed by atoms with E-state index >= 15 is 0 Å². The molecule has 21 heavy (non-hydrogen) atoms. The summed E-state index contributed by atoms with van der Waals surface area (Å²) in [5.41, 5.74) is 2.41. The number of halogens is 1. The van der Waals surface area contributed by atoms with Crippen LogP contribution < -0.4 is 4.74 Å². The minimum atomic E-state index is -0.280. The van der Waals surface area contributed by atoms with Crippen molar-refractivity contribution in [2.45, 2.75) is 20.0 Å². The standard InChI is InChI=1S/C15H20FN3O2/c1-11-15(18-10-17-11)9-19(5-6-20)8-12-7-13(21-2)3-4-14(12)16/h3-4,7,10,20H,5-6,8-9H2,1-2H3,(H,17,18). The predicted molar refractivity (Wildman–Crippen MR) is 77.5 cm³/mol. The number of nitrogens with one attached hydrogen (secondary N) is 1. The third-order valence-corrected chi connectivity index (χ3v) is 3.37. The molecule has 0 bridgehead atoms. The van der Waals surface area contributed by atoms with E-state index in [1.165, 1.54) is 6.07 Å². The van der Waals surface area contributed by atoms with Gasteiger partial charge in [0.05, 0.1) is 25.7 Å². The summed E-state index contributed by atoms with van der Waals surface area (Å²) in [6.45, 7) is 3.33. The van der Waals surface area contributed by atoms with Crippen molar-refractivity contribution in [2.75, 3.05) is 20.3 Å². The van der Waals surface area contributed by atoms with E-state index in [-0.39, 0.29) is 12.4 Å². The van der Waals surface area contributed by atoms with Crippen molar-refractivity contribution in [2.24, 2.45) is 0 Å². The first kappa shape index (κ1) is 15.5. The van der Waals surface area contributed by atoms with Crippen LogP contribution >= 0.6 is 0 Å². The van der Waals surface area contributed by atoms with Gasteiger partial charge >= 0.3 is 0 Å². The fraction of sp³-hybridized carbons (Fsp3) is 0.400. The zero-order valence-corrected chi connectivity index (χ0v) is 12.3. The van der Waals surface area contributed by atoms with Gasteiger partial charge < -0.3 is 14.8 Å². The lowest BCUT2D eigenvalue weighted by Crippen LogP contribution is -2.27. The van der Waals surface area contributed by atoms with Crippen LogP contribution in [0.4, 0.5) is 4.39 Å². The van der Waals surface area contributed by atoms with Gasteiger partial charge in [0.15, 0.2) is 0 Å². The fourth-order valence-electron chi connectivity index (χ4n) is 2.15. The molecule has 1 heterocycles. The summed E-state index contributed by atoms with van der Waals surface area (Å²) in [6, 6.07) is 4.66. The zero-order chi connectivity index (χ0) is 15.2. The van der Waals surface area contributed by atoms with Gasteiger partial charge in [0.2, 0.25) is 0 Å². The van der Waals surface area contributed by atoms with Gasteiger partial charge in [-0.25, -0.2) is 9.37 Å². The Labute approximate surface area is 123 Å². The van der Waals surface area contributed by atoms with Crippen molar-refractivity contribution in [3.63, 3.8) is 0 Å². The van der Waals surface area contributed by atoms with Gasteiger partial charge in [-0.15, -0.1) is 0 Å². The molecule has 0 unspecified atom stereocenters. The second kappa shape index (κ2) is 7.19. The number of aromatic amines is 1. The molecule has 114 valence electrons. The number of aryl methyl sites for hydroxylation is 1. The summed E-state index contributed by atoms with van der Waals surface area (Å²) in [7, 11) is 1.55. The minimum Gasteiger partial charge on any atom is -0.497 e. The van der Waals surface area contributed by atoms with Crippen LogP contribution in [0.2, 0.25) is 0 Å². The van der Waals surface area contributed by atoms with Crippen LogP contribution in [0, 0.1) is 12.7 Å². The number of hydrogen-bond donors (Lipinski definition) is 2. The Morgan fingerprint density at radius 1 is 1.38 bits per heavy atom. The highest BCUT2D eigenvalue weighted by Crippen LogP contribution is 2.19. The highest BCUT2D eigenvalue weighted by Gasteiger charge is 2.13. The molecule has 0 atom stereocenters. The number of H-pyrrole nitrogens is 1. The number of methoxy groups -OCH3 is 1. The lowest BCUT2D eigenvalue weighted by Gasteiger charge is -2.21. The second-order valence-electron chi connectivity index (χ2n) is 4.87. The van der Waals surface area contributed by atoms with Gasteiger partial charge in [0.1, 0.15) is 11.6 Å². The monoisotopic (exact) mass is 293 g/mol. The Hall–Kier alpha value is -1.92. The summed E-state index contributed by atoms with van der Waals surface area (Å²) in [4.78, 5) is 9.20. The van der Waals surface area contributed by atoms with E-state index in [1.807, 2.05) is 11.8 Å². The number of benzene rings is 1. The molecule has 0 aliphatic heterocycles. The highest BCUT2D eigenvalue weighted by atomic mass is 19.1. The molecule has 6 heteroatoms. The average Bonchev–Trinajstić information content (AvgIpc) is 2.87. The van der Waals surface area contributed by atoms with Crippen molar-refractivity contribution in [3.8, 4) is 5.75 Å². The number of aliphatic hydroxyl groups is 1. The maximum Gasteiger partial charge on any atom is 0.127 e. The summed E-state index contributed by atoms with van der Waals surface area (Å²) in [5.74, 6) is 0.337. The molecular formula is C15H20FN3O2. The van der Waals surface area contributed by atoms with Crippen LogP contribution in [0.1, 0.15) is 17.0 Å². The predicted octanol–water partition coefficient (Wildman–Crippen LogP) is 1.86. The number of ether oxygens (including phenoxy) is 1. The molecule has 0 fully saturated rings. The molecule has 0 aliphatic rings. The van der Waals surface area contributed by atoms with Crippen LogP contribution in [0.3, 0.4) is 0 Å². The Balaban J connectivity index is 2.14. The number of aromatic nitrogens is 2. The van der Waals surface area contributed by atoms with Crippen LogP contribution in [0.5, 0.6) is 5.75 Å². The molecule has 1 aromatic carbocycles. The molecule has 0 saturated heterocycles. The van der Waals surface area contributed by atoms with E-state index in [9.17, 15) is 9.50 Å². The van der Waals surface area contributed by atoms with Crippen molar-refractivity contribution in [3.05, 3.63) is 47.3 Å². The van der Waals surface area contributed by atoms with Crippen molar-refractivity contribution < 1.29 is 14.2 Å². The van der Waals surface area contributed by atoms with E-state index in [4.69, 9.17) is 4.74 Å². The van der Waals surface area contributed by atoms with E-state index in [1.54, 1.807) is 25.6 Å². The first-order valence-corrected chi connectivity index (χ1v) is 6.78. The van der Waals surface area contributed by atoms with Gasteiger partial charge in [0.25, 0.3) is 0 Å². The van der Waals surface area contributed by atoms with Crippen LogP contribution in [-0.2, 0) is 13.1 Å². The Morgan fingerprint density at radius 2 is 2.19 bits per heavy atom. The minimum absolute atomic E-state index is 0.00899. The number of nitrogens with zero attached hydrogens (tertiary/aromatic N) is 2. The molecule has 1 aromatic heterocycles. The van der Waals surface area contributed by atoms with Crippen molar-refractivity contribution in [1.82, 2.24) is 14.9 Å². The lowest BCUT2D eigenvalue weighted by molar-refractivity contribution is 0.181. The van der Waals surface area contributed by atoms with Crippen LogP contribution in [0.15, 0.2) is 24.5 Å². The third kappa shape index (κ3) is 4.03. The number of rotatable bonds is 7. The third-order valence-electron chi connectivity index (χ3n) is 3.37. The topological polar surface area (TPSA) is 61.4 Å². The highest BCUT2D eigenvalue weighted by molar-refractivity contribution is 5.29. The Morgan fingerprint density at radius 3 is 2.81 bits per heavy atom. The molecule has 0 spiro atoms. The Kier molecular flexibility index (Phi) is 5.30. The van der Waals surface area contributed by atoms with Crippen LogP contribution in [0.25, 0.3) is 0 Å². The SMILES string of the molecule is COc1ccc(F)c(CN(CCO)Cc2nc[nH]c2C)c1. The van der Waals surface area contributed by atoms with Crippen LogP contribution in [-0.4, -0.2) is 40.2 Å². The lowest BCUT2D eigenvalue weighted by atomic mass is 10.1. The molecule has 2 aromatic rings. The number of aliphatic hydroxyl groups excluding tert-OH is 1. The van der Waals surface area contributed by atoms with E-state index < -0.39 is 0 Å². The zero-order valence-electron chi connectivity index (χ0n) is 12.3. The maximum absolute atomic E-state index is 13.9. The molecule has 5 nitrogen and oxygen atoms in total. The molecule has 0 aliphatic carbocycles.